The summed E-state index contributed by atoms with van der Waals surface area (Å²) < 4.78 is 18.9. The van der Waals surface area contributed by atoms with E-state index in [4.69, 9.17) is 4.52 Å². The first-order valence-corrected chi connectivity index (χ1v) is 7.11. The molecular formula is C14H16FN5O. The van der Waals surface area contributed by atoms with E-state index >= 15 is 0 Å². The number of anilines is 1. The van der Waals surface area contributed by atoms with Crippen molar-refractivity contribution in [1.82, 2.24) is 20.0 Å². The third kappa shape index (κ3) is 2.17. The standard InChI is InChI=1S/C14H16FN5O/c1-9-17-13(18-21-9)8-19-6-11-5-10(19)7-20(11)14-12(15)3-2-4-16-14/h2-4,10-11H,5-8H2,1H3. The van der Waals surface area contributed by atoms with Crippen LogP contribution in [0.15, 0.2) is 22.9 Å². The first kappa shape index (κ1) is 12.7. The van der Waals surface area contributed by atoms with Gasteiger partial charge >= 0.3 is 0 Å². The smallest absolute Gasteiger partial charge is 0.223 e. The molecule has 0 spiro atoms. The van der Waals surface area contributed by atoms with Gasteiger partial charge < -0.3 is 9.42 Å². The molecule has 0 N–H and O–H groups in total. The molecule has 0 radical (unpaired) electrons. The Bertz CT molecular complexity index is 660. The molecule has 0 saturated carbocycles. The van der Waals surface area contributed by atoms with Crippen molar-refractivity contribution in [1.29, 1.82) is 0 Å². The van der Waals surface area contributed by atoms with Gasteiger partial charge in [0.05, 0.1) is 6.54 Å². The molecule has 2 saturated heterocycles. The molecule has 2 unspecified atom stereocenters. The third-order valence-corrected chi connectivity index (χ3v) is 4.28. The number of likely N-dealkylation sites (tertiary alicyclic amines) is 1. The summed E-state index contributed by atoms with van der Waals surface area (Å²) in [5, 5.41) is 3.94. The maximum absolute atomic E-state index is 13.9. The summed E-state index contributed by atoms with van der Waals surface area (Å²) in [5.41, 5.74) is 0. The molecule has 2 bridgehead atoms. The summed E-state index contributed by atoms with van der Waals surface area (Å²) in [5.74, 6) is 1.53. The van der Waals surface area contributed by atoms with E-state index < -0.39 is 0 Å². The quantitative estimate of drug-likeness (QED) is 0.850. The van der Waals surface area contributed by atoms with E-state index in [1.807, 2.05) is 0 Å². The highest BCUT2D eigenvalue weighted by Gasteiger charge is 2.44. The molecule has 2 atom stereocenters. The van der Waals surface area contributed by atoms with E-state index in [0.717, 1.165) is 25.3 Å². The molecule has 7 heteroatoms. The second-order valence-electron chi connectivity index (χ2n) is 5.66. The number of rotatable bonds is 3. The number of halogens is 1. The van der Waals surface area contributed by atoms with Crippen LogP contribution in [-0.4, -0.2) is 45.2 Å². The van der Waals surface area contributed by atoms with Crippen molar-refractivity contribution in [2.75, 3.05) is 18.0 Å². The van der Waals surface area contributed by atoms with Crippen LogP contribution in [0, 0.1) is 12.7 Å². The van der Waals surface area contributed by atoms with Gasteiger partial charge in [-0.15, -0.1) is 0 Å². The first-order valence-electron chi connectivity index (χ1n) is 7.11. The summed E-state index contributed by atoms with van der Waals surface area (Å²) >= 11 is 0. The zero-order chi connectivity index (χ0) is 14.4. The highest BCUT2D eigenvalue weighted by molar-refractivity contribution is 5.44. The van der Waals surface area contributed by atoms with Gasteiger partial charge in [-0.3, -0.25) is 4.90 Å². The Morgan fingerprint density at radius 2 is 2.29 bits per heavy atom. The number of fused-ring (bicyclic) bond motifs is 2. The zero-order valence-electron chi connectivity index (χ0n) is 11.7. The molecule has 2 aliphatic heterocycles. The molecule has 110 valence electrons. The van der Waals surface area contributed by atoms with Crippen LogP contribution in [0.4, 0.5) is 10.2 Å². The predicted octanol–water partition coefficient (Wildman–Crippen LogP) is 1.38. The Kier molecular flexibility index (Phi) is 2.88. The SMILES string of the molecule is Cc1nc(CN2CC3CC2CN3c2ncccc2F)no1. The molecule has 6 nitrogen and oxygen atoms in total. The fourth-order valence-corrected chi connectivity index (χ4v) is 3.38. The number of aryl methyl sites for hydroxylation is 1. The van der Waals surface area contributed by atoms with Gasteiger partial charge in [-0.2, -0.15) is 4.98 Å². The highest BCUT2D eigenvalue weighted by atomic mass is 19.1. The van der Waals surface area contributed by atoms with Crippen molar-refractivity contribution >= 4 is 5.82 Å². The van der Waals surface area contributed by atoms with Crippen LogP contribution < -0.4 is 4.90 Å². The van der Waals surface area contributed by atoms with E-state index in [0.29, 0.717) is 30.3 Å². The summed E-state index contributed by atoms with van der Waals surface area (Å²) in [6.07, 6.45) is 2.68. The Morgan fingerprint density at radius 1 is 1.38 bits per heavy atom. The van der Waals surface area contributed by atoms with Crippen LogP contribution >= 0.6 is 0 Å². The molecule has 4 heterocycles. The zero-order valence-corrected chi connectivity index (χ0v) is 11.7. The van der Waals surface area contributed by atoms with E-state index in [2.05, 4.69) is 24.9 Å². The molecule has 0 aromatic carbocycles. The Morgan fingerprint density at radius 3 is 2.95 bits per heavy atom. The first-order chi connectivity index (χ1) is 10.2. The lowest BCUT2D eigenvalue weighted by molar-refractivity contribution is 0.221. The monoisotopic (exact) mass is 289 g/mol. The Labute approximate surface area is 121 Å². The van der Waals surface area contributed by atoms with Crippen LogP contribution in [0.5, 0.6) is 0 Å². The maximum Gasteiger partial charge on any atom is 0.223 e. The van der Waals surface area contributed by atoms with Gasteiger partial charge in [-0.05, 0) is 18.6 Å². The molecule has 0 amide bonds. The molecular weight excluding hydrogens is 273 g/mol. The van der Waals surface area contributed by atoms with Crippen molar-refractivity contribution in [3.63, 3.8) is 0 Å². The van der Waals surface area contributed by atoms with Gasteiger partial charge in [0.15, 0.2) is 17.5 Å². The number of piperazine rings is 1. The lowest BCUT2D eigenvalue weighted by Gasteiger charge is -2.34. The average molecular weight is 289 g/mol. The number of pyridine rings is 1. The van der Waals surface area contributed by atoms with Crippen molar-refractivity contribution in [2.24, 2.45) is 0 Å². The van der Waals surface area contributed by atoms with Crippen LogP contribution in [0.1, 0.15) is 18.1 Å². The molecule has 2 aromatic heterocycles. The minimum atomic E-state index is -0.245. The van der Waals surface area contributed by atoms with Crippen molar-refractivity contribution in [3.8, 4) is 0 Å². The lowest BCUT2D eigenvalue weighted by Crippen LogP contribution is -2.46. The van der Waals surface area contributed by atoms with Crippen molar-refractivity contribution < 1.29 is 8.91 Å². The molecule has 2 aromatic rings. The van der Waals surface area contributed by atoms with Crippen LogP contribution in [0.2, 0.25) is 0 Å². The second kappa shape index (κ2) is 4.77. The Balaban J connectivity index is 1.47. The average Bonchev–Trinajstić information content (AvgIpc) is 3.15. The topological polar surface area (TPSA) is 58.3 Å². The van der Waals surface area contributed by atoms with E-state index in [9.17, 15) is 4.39 Å². The minimum absolute atomic E-state index is 0.245. The largest absolute Gasteiger partial charge is 0.348 e. The van der Waals surface area contributed by atoms with Crippen molar-refractivity contribution in [2.45, 2.75) is 32.0 Å². The van der Waals surface area contributed by atoms with E-state index in [-0.39, 0.29) is 5.82 Å². The maximum atomic E-state index is 13.9. The lowest BCUT2D eigenvalue weighted by atomic mass is 10.2. The van der Waals surface area contributed by atoms with Gasteiger partial charge in [0.2, 0.25) is 5.89 Å². The fourth-order valence-electron chi connectivity index (χ4n) is 3.38. The number of aromatic nitrogens is 3. The number of hydrogen-bond acceptors (Lipinski definition) is 6. The van der Waals surface area contributed by atoms with Gasteiger partial charge in [-0.25, -0.2) is 9.37 Å². The fraction of sp³-hybridized carbons (Fsp3) is 0.500. The molecule has 0 aliphatic carbocycles. The predicted molar refractivity (Wildman–Crippen MR) is 73.2 cm³/mol. The van der Waals surface area contributed by atoms with E-state index in [1.165, 1.54) is 6.07 Å². The van der Waals surface area contributed by atoms with Gasteiger partial charge in [0, 0.05) is 38.3 Å². The van der Waals surface area contributed by atoms with Crippen LogP contribution in [0.25, 0.3) is 0 Å². The molecule has 21 heavy (non-hydrogen) atoms. The van der Waals surface area contributed by atoms with Crippen molar-refractivity contribution in [3.05, 3.63) is 35.9 Å². The molecule has 2 fully saturated rings. The second-order valence-corrected chi connectivity index (χ2v) is 5.66. The summed E-state index contributed by atoms with van der Waals surface area (Å²) in [6.45, 7) is 4.17. The molecule has 4 rings (SSSR count). The number of nitrogens with zero attached hydrogens (tertiary/aromatic N) is 5. The van der Waals surface area contributed by atoms with Gasteiger partial charge in [0.1, 0.15) is 0 Å². The number of hydrogen-bond donors (Lipinski definition) is 0. The highest BCUT2D eigenvalue weighted by Crippen LogP contribution is 2.35. The van der Waals surface area contributed by atoms with Crippen LogP contribution in [0.3, 0.4) is 0 Å². The minimum Gasteiger partial charge on any atom is -0.348 e. The van der Waals surface area contributed by atoms with E-state index in [1.54, 1.807) is 19.2 Å². The summed E-state index contributed by atoms with van der Waals surface area (Å²) in [4.78, 5) is 12.8. The van der Waals surface area contributed by atoms with Gasteiger partial charge in [-0.1, -0.05) is 5.16 Å². The Hall–Kier alpha value is -2.02. The molecule has 2 aliphatic rings. The van der Waals surface area contributed by atoms with Crippen LogP contribution in [-0.2, 0) is 6.54 Å². The third-order valence-electron chi connectivity index (χ3n) is 4.28. The van der Waals surface area contributed by atoms with Gasteiger partial charge in [0.25, 0.3) is 0 Å². The summed E-state index contributed by atoms with van der Waals surface area (Å²) in [7, 11) is 0. The normalized spacial score (nSPS) is 25.0. The summed E-state index contributed by atoms with van der Waals surface area (Å²) in [6, 6.07) is 3.80.